The van der Waals surface area contributed by atoms with Gasteiger partial charge in [-0.3, -0.25) is 4.79 Å². The van der Waals surface area contributed by atoms with Crippen molar-refractivity contribution in [2.45, 2.75) is 31.9 Å². The average molecular weight is 341 g/mol. The van der Waals surface area contributed by atoms with E-state index in [1.54, 1.807) is 26.2 Å². The van der Waals surface area contributed by atoms with E-state index in [2.05, 4.69) is 10.6 Å². The van der Waals surface area contributed by atoms with Gasteiger partial charge in [0, 0.05) is 25.9 Å². The summed E-state index contributed by atoms with van der Waals surface area (Å²) in [5.74, 6) is 0. The topological polar surface area (TPSA) is 72.4 Å². The lowest BCUT2D eigenvalue weighted by molar-refractivity contribution is 0.00253. The van der Waals surface area contributed by atoms with E-state index < -0.39 is 0 Å². The molecule has 2 amide bonds. The first-order valence-corrected chi connectivity index (χ1v) is 8.45. The van der Waals surface area contributed by atoms with E-state index in [0.29, 0.717) is 18.7 Å². The van der Waals surface area contributed by atoms with Crippen LogP contribution in [-0.2, 0) is 11.8 Å². The Kier molecular flexibility index (Phi) is 5.19. The molecule has 2 aromatic rings. The smallest absolute Gasteiger partial charge is 0.319 e. The van der Waals surface area contributed by atoms with Crippen molar-refractivity contribution in [3.8, 4) is 0 Å². The first-order chi connectivity index (χ1) is 12.0. The molecule has 0 aliphatic carbocycles. The van der Waals surface area contributed by atoms with Gasteiger partial charge in [-0.2, -0.15) is 0 Å². The van der Waals surface area contributed by atoms with Crippen LogP contribution in [0.2, 0.25) is 0 Å². The molecule has 6 nitrogen and oxygen atoms in total. The second kappa shape index (κ2) is 7.53. The van der Waals surface area contributed by atoms with Crippen LogP contribution in [0.1, 0.15) is 30.1 Å². The van der Waals surface area contributed by atoms with E-state index in [4.69, 9.17) is 4.74 Å². The summed E-state index contributed by atoms with van der Waals surface area (Å²) in [5, 5.41) is 5.66. The minimum atomic E-state index is -0.356. The third kappa shape index (κ3) is 4.09. The summed E-state index contributed by atoms with van der Waals surface area (Å²) in [6.07, 6.45) is 3.13. The molecule has 0 bridgehead atoms. The maximum absolute atomic E-state index is 12.3. The predicted octanol–water partition coefficient (Wildman–Crippen LogP) is 2.74. The molecular weight excluding hydrogens is 318 g/mol. The van der Waals surface area contributed by atoms with Gasteiger partial charge in [-0.1, -0.05) is 30.3 Å². The average Bonchev–Trinajstić information content (AvgIpc) is 2.63. The van der Waals surface area contributed by atoms with E-state index >= 15 is 0 Å². The van der Waals surface area contributed by atoms with Crippen molar-refractivity contribution in [3.05, 3.63) is 64.1 Å². The first kappa shape index (κ1) is 17.2. The van der Waals surface area contributed by atoms with Gasteiger partial charge in [0.15, 0.2) is 0 Å². The number of benzene rings is 1. The number of nitrogens with zero attached hydrogens (tertiary/aromatic N) is 1. The molecule has 3 rings (SSSR count). The van der Waals surface area contributed by atoms with Gasteiger partial charge in [0.25, 0.3) is 5.56 Å². The molecule has 132 valence electrons. The molecule has 1 aromatic carbocycles. The number of carbonyl (C=O) groups is 1. The van der Waals surface area contributed by atoms with E-state index in [1.807, 2.05) is 30.3 Å². The molecule has 2 N–H and O–H groups in total. The summed E-state index contributed by atoms with van der Waals surface area (Å²) in [4.78, 5) is 24.5. The Morgan fingerprint density at radius 1 is 1.24 bits per heavy atom. The Morgan fingerprint density at radius 3 is 2.76 bits per heavy atom. The van der Waals surface area contributed by atoms with E-state index in [-0.39, 0.29) is 23.7 Å². The van der Waals surface area contributed by atoms with Gasteiger partial charge in [0.05, 0.1) is 6.10 Å². The number of pyridine rings is 1. The second-order valence-corrected chi connectivity index (χ2v) is 6.38. The van der Waals surface area contributed by atoms with Gasteiger partial charge in [-0.05, 0) is 37.0 Å². The lowest BCUT2D eigenvalue weighted by atomic mass is 9.97. The zero-order valence-electron chi connectivity index (χ0n) is 14.5. The Morgan fingerprint density at radius 2 is 2.00 bits per heavy atom. The van der Waals surface area contributed by atoms with Crippen LogP contribution in [0.5, 0.6) is 0 Å². The van der Waals surface area contributed by atoms with Crippen LogP contribution in [0.3, 0.4) is 0 Å². The molecule has 0 unspecified atom stereocenters. The van der Waals surface area contributed by atoms with Crippen molar-refractivity contribution in [1.82, 2.24) is 9.88 Å². The molecule has 1 aliphatic heterocycles. The zero-order chi connectivity index (χ0) is 17.8. The highest BCUT2D eigenvalue weighted by atomic mass is 16.5. The van der Waals surface area contributed by atoms with E-state index in [9.17, 15) is 9.59 Å². The minimum absolute atomic E-state index is 0.00632. The molecule has 1 fully saturated rings. The molecule has 0 saturated carbocycles. The molecule has 1 aromatic heterocycles. The van der Waals surface area contributed by atoms with Gasteiger partial charge in [0.1, 0.15) is 5.69 Å². The lowest BCUT2D eigenvalue weighted by Gasteiger charge is -2.30. The summed E-state index contributed by atoms with van der Waals surface area (Å²) in [6, 6.07) is 11.5. The summed E-state index contributed by atoms with van der Waals surface area (Å²) < 4.78 is 7.27. The summed E-state index contributed by atoms with van der Waals surface area (Å²) in [7, 11) is 1.66. The number of urea groups is 1. The van der Waals surface area contributed by atoms with Gasteiger partial charge < -0.3 is 19.9 Å². The first-order valence-electron chi connectivity index (χ1n) is 8.45. The van der Waals surface area contributed by atoms with Crippen LogP contribution < -0.4 is 16.2 Å². The van der Waals surface area contributed by atoms with Crippen molar-refractivity contribution >= 4 is 11.7 Å². The number of amides is 2. The van der Waals surface area contributed by atoms with Crippen molar-refractivity contribution in [1.29, 1.82) is 0 Å². The predicted molar refractivity (Wildman–Crippen MR) is 96.7 cm³/mol. The number of hydrogen-bond donors (Lipinski definition) is 2. The largest absolute Gasteiger partial charge is 0.373 e. The van der Waals surface area contributed by atoms with Crippen molar-refractivity contribution in [3.63, 3.8) is 0 Å². The van der Waals surface area contributed by atoms with Crippen LogP contribution in [0.25, 0.3) is 0 Å². The van der Waals surface area contributed by atoms with Gasteiger partial charge >= 0.3 is 6.03 Å². The standard InChI is InChI=1S/C19H23N3O3/c1-13-8-10-22(2)18(23)17(13)21-19(24)20-15-9-11-25-16(12-15)14-6-4-3-5-7-14/h3-8,10,15-16H,9,11-12H2,1-2H3,(H2,20,21,24)/t15-,16-/m1/s1. The van der Waals surface area contributed by atoms with Crippen LogP contribution in [0.15, 0.2) is 47.4 Å². The van der Waals surface area contributed by atoms with Crippen LogP contribution in [0.4, 0.5) is 10.5 Å². The van der Waals surface area contributed by atoms with Crippen LogP contribution >= 0.6 is 0 Å². The van der Waals surface area contributed by atoms with E-state index in [1.165, 1.54) is 4.57 Å². The zero-order valence-corrected chi connectivity index (χ0v) is 14.5. The lowest BCUT2D eigenvalue weighted by Crippen LogP contribution is -2.43. The molecule has 0 spiro atoms. The minimum Gasteiger partial charge on any atom is -0.373 e. The number of rotatable bonds is 3. The van der Waals surface area contributed by atoms with Crippen molar-refractivity contribution in [2.24, 2.45) is 7.05 Å². The SMILES string of the molecule is Cc1ccn(C)c(=O)c1NC(=O)N[C@@H]1CCO[C@@H](c2ccccc2)C1. The molecule has 6 heteroatoms. The molecule has 2 heterocycles. The van der Waals surface area contributed by atoms with E-state index in [0.717, 1.165) is 17.5 Å². The normalized spacial score (nSPS) is 20.1. The fourth-order valence-electron chi connectivity index (χ4n) is 3.03. The van der Waals surface area contributed by atoms with Gasteiger partial charge in [-0.15, -0.1) is 0 Å². The van der Waals surface area contributed by atoms with Crippen molar-refractivity contribution in [2.75, 3.05) is 11.9 Å². The second-order valence-electron chi connectivity index (χ2n) is 6.38. The molecule has 1 aliphatic rings. The Balaban J connectivity index is 1.63. The number of ether oxygens (including phenoxy) is 1. The monoisotopic (exact) mass is 341 g/mol. The van der Waals surface area contributed by atoms with Crippen molar-refractivity contribution < 1.29 is 9.53 Å². The number of nitrogens with one attached hydrogen (secondary N) is 2. The van der Waals surface area contributed by atoms with Gasteiger partial charge in [-0.25, -0.2) is 4.79 Å². The molecule has 1 saturated heterocycles. The van der Waals surface area contributed by atoms with Gasteiger partial charge in [0.2, 0.25) is 0 Å². The fraction of sp³-hybridized carbons (Fsp3) is 0.368. The van der Waals surface area contributed by atoms with Crippen LogP contribution in [0, 0.1) is 6.92 Å². The number of aromatic nitrogens is 1. The molecule has 0 radical (unpaired) electrons. The summed E-state index contributed by atoms with van der Waals surface area (Å²) in [5.41, 5.74) is 1.95. The van der Waals surface area contributed by atoms with Crippen LogP contribution in [-0.4, -0.2) is 23.2 Å². The summed E-state index contributed by atoms with van der Waals surface area (Å²) >= 11 is 0. The highest BCUT2D eigenvalue weighted by Gasteiger charge is 2.25. The Bertz CT molecular complexity index is 801. The number of aryl methyl sites for hydroxylation is 2. The summed E-state index contributed by atoms with van der Waals surface area (Å²) in [6.45, 7) is 2.40. The Labute approximate surface area is 146 Å². The quantitative estimate of drug-likeness (QED) is 0.902. The maximum Gasteiger partial charge on any atom is 0.319 e. The highest BCUT2D eigenvalue weighted by Crippen LogP contribution is 2.27. The fourth-order valence-corrected chi connectivity index (χ4v) is 3.03. The molecular formula is C19H23N3O3. The Hall–Kier alpha value is -2.60. The number of carbonyl (C=O) groups excluding carboxylic acids is 1. The molecule has 2 atom stereocenters. The maximum atomic E-state index is 12.3. The number of anilines is 1. The third-order valence-corrected chi connectivity index (χ3v) is 4.51. The molecule has 25 heavy (non-hydrogen) atoms. The third-order valence-electron chi connectivity index (χ3n) is 4.51. The highest BCUT2D eigenvalue weighted by molar-refractivity contribution is 5.90. The number of hydrogen-bond acceptors (Lipinski definition) is 3.